The summed E-state index contributed by atoms with van der Waals surface area (Å²) in [5.74, 6) is 0. The SMILES string of the molecule is O=[N+]([O-])c1cc(-c2ccccn2)[c-]cc1-c1ccccc1.[Ir]. The van der Waals surface area contributed by atoms with Crippen LogP contribution in [0.5, 0.6) is 0 Å². The largest absolute Gasteiger partial charge is 0.305 e. The normalized spacial score (nSPS) is 9.82. The summed E-state index contributed by atoms with van der Waals surface area (Å²) in [5.41, 5.74) is 2.69. The van der Waals surface area contributed by atoms with Gasteiger partial charge in [-0.15, -0.1) is 17.7 Å². The molecule has 0 unspecified atom stereocenters. The Labute approximate surface area is 141 Å². The van der Waals surface area contributed by atoms with Gasteiger partial charge in [0.15, 0.2) is 5.69 Å². The molecule has 0 fully saturated rings. The molecule has 0 atom stereocenters. The molecule has 0 N–H and O–H groups in total. The summed E-state index contributed by atoms with van der Waals surface area (Å²) in [6.07, 6.45) is 1.65. The quantitative estimate of drug-likeness (QED) is 0.331. The van der Waals surface area contributed by atoms with Crippen LogP contribution in [0.3, 0.4) is 0 Å². The van der Waals surface area contributed by atoms with Crippen molar-refractivity contribution in [2.45, 2.75) is 0 Å². The van der Waals surface area contributed by atoms with Gasteiger partial charge >= 0.3 is 0 Å². The number of nitro benzene ring substituents is 1. The van der Waals surface area contributed by atoms with E-state index >= 15 is 0 Å². The van der Waals surface area contributed by atoms with E-state index in [9.17, 15) is 10.1 Å². The van der Waals surface area contributed by atoms with E-state index in [1.165, 1.54) is 6.07 Å². The Bertz CT molecular complexity index is 777. The number of nitro groups is 1. The number of pyridine rings is 1. The maximum Gasteiger partial charge on any atom is 0.199 e. The number of hydrogen-bond acceptors (Lipinski definition) is 3. The minimum Gasteiger partial charge on any atom is -0.305 e. The van der Waals surface area contributed by atoms with Crippen LogP contribution >= 0.6 is 0 Å². The molecule has 1 heterocycles. The predicted molar refractivity (Wildman–Crippen MR) is 80.6 cm³/mol. The molecule has 3 rings (SSSR count). The number of benzene rings is 2. The predicted octanol–water partition coefficient (Wildman–Crippen LogP) is 4.12. The molecule has 5 heteroatoms. The minimum absolute atomic E-state index is 0. The van der Waals surface area contributed by atoms with E-state index in [4.69, 9.17) is 0 Å². The van der Waals surface area contributed by atoms with Crippen LogP contribution in [0.15, 0.2) is 66.9 Å². The molecule has 2 aromatic carbocycles. The first-order valence-corrected chi connectivity index (χ1v) is 6.42. The molecule has 0 amide bonds. The summed E-state index contributed by atoms with van der Waals surface area (Å²) >= 11 is 0. The van der Waals surface area contributed by atoms with Crippen LogP contribution in [-0.2, 0) is 20.1 Å². The van der Waals surface area contributed by atoms with Crippen LogP contribution in [0, 0.1) is 16.2 Å². The zero-order valence-corrected chi connectivity index (χ0v) is 13.8. The molecule has 1 aromatic heterocycles. The summed E-state index contributed by atoms with van der Waals surface area (Å²) < 4.78 is 0. The molecule has 0 saturated carbocycles. The minimum atomic E-state index is -0.372. The molecular formula is C17H11IrN2O2-. The Morgan fingerprint density at radius 3 is 2.41 bits per heavy atom. The second kappa shape index (κ2) is 7.07. The van der Waals surface area contributed by atoms with Crippen molar-refractivity contribution in [3.8, 4) is 22.4 Å². The molecule has 0 bridgehead atoms. The average Bonchev–Trinajstić information content (AvgIpc) is 2.56. The van der Waals surface area contributed by atoms with Crippen molar-refractivity contribution in [3.63, 3.8) is 0 Å². The third kappa shape index (κ3) is 3.27. The van der Waals surface area contributed by atoms with Crippen molar-refractivity contribution >= 4 is 5.69 Å². The first-order valence-electron chi connectivity index (χ1n) is 6.42. The van der Waals surface area contributed by atoms with Gasteiger partial charge in [-0.2, -0.15) is 0 Å². The molecule has 4 nitrogen and oxygen atoms in total. The molecule has 0 spiro atoms. The van der Waals surface area contributed by atoms with Gasteiger partial charge in [0, 0.05) is 31.2 Å². The Morgan fingerprint density at radius 2 is 1.77 bits per heavy atom. The number of rotatable bonds is 3. The van der Waals surface area contributed by atoms with Gasteiger partial charge in [0.25, 0.3) is 0 Å². The van der Waals surface area contributed by atoms with E-state index < -0.39 is 0 Å². The van der Waals surface area contributed by atoms with Crippen molar-refractivity contribution in [2.75, 3.05) is 0 Å². The molecule has 1 radical (unpaired) electrons. The average molecular weight is 468 g/mol. The van der Waals surface area contributed by atoms with E-state index in [-0.39, 0.29) is 30.7 Å². The van der Waals surface area contributed by atoms with Crippen molar-refractivity contribution in [3.05, 3.63) is 83.0 Å². The fourth-order valence-corrected chi connectivity index (χ4v) is 2.15. The zero-order chi connectivity index (χ0) is 14.7. The smallest absolute Gasteiger partial charge is 0.199 e. The van der Waals surface area contributed by atoms with Gasteiger partial charge in [-0.3, -0.25) is 10.1 Å². The van der Waals surface area contributed by atoms with Crippen molar-refractivity contribution in [1.29, 1.82) is 0 Å². The van der Waals surface area contributed by atoms with Gasteiger partial charge in [0.1, 0.15) is 0 Å². The van der Waals surface area contributed by atoms with Gasteiger partial charge in [-0.1, -0.05) is 54.1 Å². The van der Waals surface area contributed by atoms with Crippen LogP contribution in [0.4, 0.5) is 5.69 Å². The molecule has 3 aromatic rings. The Morgan fingerprint density at radius 1 is 1.05 bits per heavy atom. The molecule has 0 aliphatic rings. The van der Waals surface area contributed by atoms with Gasteiger partial charge < -0.3 is 4.98 Å². The number of hydrogen-bond donors (Lipinski definition) is 0. The first-order chi connectivity index (χ1) is 10.3. The van der Waals surface area contributed by atoms with Crippen LogP contribution in [0.1, 0.15) is 0 Å². The molecule has 0 aliphatic heterocycles. The maximum atomic E-state index is 11.3. The van der Waals surface area contributed by atoms with Gasteiger partial charge in [0.05, 0.1) is 0 Å². The third-order valence-corrected chi connectivity index (χ3v) is 3.15. The van der Waals surface area contributed by atoms with Crippen LogP contribution < -0.4 is 0 Å². The second-order valence-electron chi connectivity index (χ2n) is 4.48. The summed E-state index contributed by atoms with van der Waals surface area (Å²) in [5, 5.41) is 11.3. The Balaban J connectivity index is 0.00000176. The molecule has 0 aliphatic carbocycles. The molecular weight excluding hydrogens is 456 g/mol. The van der Waals surface area contributed by atoms with Gasteiger partial charge in [0.2, 0.25) is 0 Å². The standard InChI is InChI=1S/C17H11N2O2.Ir/c20-19(21)17-12-14(16-8-4-5-11-18-16)9-10-15(17)13-6-2-1-3-7-13;/h1-8,10-12H;/q-1;. The van der Waals surface area contributed by atoms with Gasteiger partial charge in [-0.05, 0) is 17.3 Å². The van der Waals surface area contributed by atoms with Crippen LogP contribution in [0.2, 0.25) is 0 Å². The Kier molecular flexibility index (Phi) is 5.15. The van der Waals surface area contributed by atoms with Crippen LogP contribution in [-0.4, -0.2) is 9.91 Å². The summed E-state index contributed by atoms with van der Waals surface area (Å²) in [4.78, 5) is 15.2. The van der Waals surface area contributed by atoms with E-state index in [1.54, 1.807) is 24.4 Å². The van der Waals surface area contributed by atoms with Crippen molar-refractivity contribution < 1.29 is 25.0 Å². The summed E-state index contributed by atoms with van der Waals surface area (Å²) in [6, 6.07) is 21.0. The first kappa shape index (κ1) is 16.0. The van der Waals surface area contributed by atoms with Crippen molar-refractivity contribution in [1.82, 2.24) is 4.98 Å². The molecule has 22 heavy (non-hydrogen) atoms. The fourth-order valence-electron chi connectivity index (χ4n) is 2.15. The molecule has 111 valence electrons. The summed E-state index contributed by atoms with van der Waals surface area (Å²) in [6.45, 7) is 0. The zero-order valence-electron chi connectivity index (χ0n) is 11.4. The van der Waals surface area contributed by atoms with Gasteiger partial charge in [-0.25, -0.2) is 0 Å². The molecule has 0 saturated heterocycles. The monoisotopic (exact) mass is 468 g/mol. The number of aromatic nitrogens is 1. The van der Waals surface area contributed by atoms with E-state index in [1.807, 2.05) is 36.4 Å². The van der Waals surface area contributed by atoms with Crippen molar-refractivity contribution in [2.24, 2.45) is 0 Å². The summed E-state index contributed by atoms with van der Waals surface area (Å²) in [7, 11) is 0. The van der Waals surface area contributed by atoms with E-state index in [0.717, 1.165) is 5.56 Å². The number of nitrogens with zero attached hydrogens (tertiary/aromatic N) is 2. The van der Waals surface area contributed by atoms with E-state index in [2.05, 4.69) is 11.1 Å². The van der Waals surface area contributed by atoms with Crippen LogP contribution in [0.25, 0.3) is 22.4 Å². The third-order valence-electron chi connectivity index (χ3n) is 3.15. The second-order valence-corrected chi connectivity index (χ2v) is 4.48. The maximum absolute atomic E-state index is 11.3. The topological polar surface area (TPSA) is 56.0 Å². The fraction of sp³-hybridized carbons (Fsp3) is 0. The van der Waals surface area contributed by atoms with E-state index in [0.29, 0.717) is 16.8 Å². The Hall–Kier alpha value is -2.36.